The molecule has 0 aliphatic rings. The van der Waals surface area contributed by atoms with Crippen molar-refractivity contribution in [3.8, 4) is 0 Å². The minimum atomic E-state index is 0.625. The van der Waals surface area contributed by atoms with Crippen LogP contribution in [0.1, 0.15) is 0 Å². The summed E-state index contributed by atoms with van der Waals surface area (Å²) in [5.41, 5.74) is 0. The SMILES string of the molecule is [N-]=C=CN=O. The van der Waals surface area contributed by atoms with Gasteiger partial charge in [-0.15, -0.1) is 4.91 Å². The van der Waals surface area contributed by atoms with Crippen molar-refractivity contribution >= 4 is 5.87 Å². The molecular weight excluding hydrogens is 68.0 g/mol. The fourth-order valence-corrected chi connectivity index (χ4v) is 0.0236. The zero-order chi connectivity index (χ0) is 4.12. The van der Waals surface area contributed by atoms with Crippen molar-refractivity contribution in [2.75, 3.05) is 0 Å². The van der Waals surface area contributed by atoms with Crippen molar-refractivity contribution in [3.05, 3.63) is 16.5 Å². The molecule has 0 unspecified atom stereocenters. The van der Waals surface area contributed by atoms with Crippen LogP contribution < -0.4 is 0 Å². The molecule has 3 nitrogen and oxygen atoms in total. The first kappa shape index (κ1) is 4.05. The van der Waals surface area contributed by atoms with Crippen LogP contribution in [0, 0.1) is 4.91 Å². The van der Waals surface area contributed by atoms with Crippen molar-refractivity contribution in [3.63, 3.8) is 0 Å². The van der Waals surface area contributed by atoms with E-state index in [0.29, 0.717) is 6.20 Å². The zero-order valence-corrected chi connectivity index (χ0v) is 2.38. The number of hydrogen-bond acceptors (Lipinski definition) is 2. The molecule has 0 bridgehead atoms. The van der Waals surface area contributed by atoms with Crippen molar-refractivity contribution in [2.45, 2.75) is 0 Å². The molecule has 0 saturated carbocycles. The summed E-state index contributed by atoms with van der Waals surface area (Å²) in [7, 11) is 0. The van der Waals surface area contributed by atoms with Crippen LogP contribution in [0.2, 0.25) is 0 Å². The fourth-order valence-electron chi connectivity index (χ4n) is 0.0236. The average molecular weight is 69.0 g/mol. The Kier molecular flexibility index (Phi) is 2.47. The minimum absolute atomic E-state index is 0.625. The number of hydrogen-bond donors (Lipinski definition) is 0. The lowest BCUT2D eigenvalue weighted by Crippen LogP contribution is -1.35. The van der Waals surface area contributed by atoms with Gasteiger partial charge >= 0.3 is 0 Å². The van der Waals surface area contributed by atoms with Crippen LogP contribution in [0.15, 0.2) is 11.4 Å². The third-order valence-electron chi connectivity index (χ3n) is 0.110. The smallest absolute Gasteiger partial charge is 0.0902 e. The lowest BCUT2D eigenvalue weighted by molar-refractivity contribution is 1.58. The molecule has 0 aliphatic heterocycles. The summed E-state index contributed by atoms with van der Waals surface area (Å²) in [4.78, 5) is 8.88. The Hall–Kier alpha value is -0.950. The second-order valence-corrected chi connectivity index (χ2v) is 0.364. The van der Waals surface area contributed by atoms with Gasteiger partial charge < -0.3 is 5.41 Å². The molecule has 0 spiro atoms. The van der Waals surface area contributed by atoms with Gasteiger partial charge in [0.25, 0.3) is 0 Å². The maximum absolute atomic E-state index is 8.88. The first-order valence-corrected chi connectivity index (χ1v) is 0.953. The highest BCUT2D eigenvalue weighted by molar-refractivity contribution is 5.54. The van der Waals surface area contributed by atoms with Gasteiger partial charge in [0.15, 0.2) is 0 Å². The van der Waals surface area contributed by atoms with E-state index in [1.54, 1.807) is 0 Å². The molecule has 0 amide bonds. The fraction of sp³-hybridized carbons (Fsp3) is 0. The number of rotatable bonds is 1. The van der Waals surface area contributed by atoms with E-state index in [2.05, 4.69) is 5.18 Å². The maximum atomic E-state index is 8.88. The highest BCUT2D eigenvalue weighted by Crippen LogP contribution is 1.52. The zero-order valence-electron chi connectivity index (χ0n) is 2.38. The molecule has 0 rings (SSSR count). The van der Waals surface area contributed by atoms with Crippen LogP contribution in [0.5, 0.6) is 0 Å². The van der Waals surface area contributed by atoms with Gasteiger partial charge in [-0.05, 0) is 5.18 Å². The predicted octanol–water partition coefficient (Wildman–Crippen LogP) is 0.506. The number of nitroso groups, excluding NO2 is 1. The summed E-state index contributed by atoms with van der Waals surface area (Å²) in [6.07, 6.45) is 0.625. The number of nitrogens with zero attached hydrogens (tertiary/aromatic N) is 2. The Bertz CT molecular complexity index is 71.7. The molecule has 0 heterocycles. The van der Waals surface area contributed by atoms with E-state index in [1.807, 2.05) is 0 Å². The van der Waals surface area contributed by atoms with E-state index in [1.165, 1.54) is 5.87 Å². The molecule has 0 atom stereocenters. The van der Waals surface area contributed by atoms with E-state index >= 15 is 0 Å². The molecule has 0 fully saturated rings. The Morgan fingerprint density at radius 2 is 2.60 bits per heavy atom. The van der Waals surface area contributed by atoms with Crippen LogP contribution in [0.4, 0.5) is 0 Å². The van der Waals surface area contributed by atoms with Crippen LogP contribution in [-0.4, -0.2) is 5.87 Å². The average Bonchev–Trinajstić information content (AvgIpc) is 1.41. The second-order valence-electron chi connectivity index (χ2n) is 0.364. The third kappa shape index (κ3) is 3.05. The monoisotopic (exact) mass is 69.0 g/mol. The highest BCUT2D eigenvalue weighted by Gasteiger charge is 1.38. The van der Waals surface area contributed by atoms with E-state index < -0.39 is 0 Å². The molecule has 3 heteroatoms. The summed E-state index contributed by atoms with van der Waals surface area (Å²) in [5.74, 6) is 1.41. The minimum Gasteiger partial charge on any atom is -0.762 e. The Labute approximate surface area is 28.8 Å². The standard InChI is InChI=1S/C2HN2O/c3-1-2-4-5/h2H/q-1. The first-order chi connectivity index (χ1) is 2.41. The normalized spacial score (nSPS) is 4.80. The van der Waals surface area contributed by atoms with E-state index in [9.17, 15) is 0 Å². The first-order valence-electron chi connectivity index (χ1n) is 0.953. The molecular formula is C2HN2O-. The summed E-state index contributed by atoms with van der Waals surface area (Å²) >= 11 is 0. The van der Waals surface area contributed by atoms with Gasteiger partial charge in [0.1, 0.15) is 0 Å². The van der Waals surface area contributed by atoms with Crippen LogP contribution in [0.3, 0.4) is 0 Å². The molecule has 0 N–H and O–H groups in total. The lowest BCUT2D eigenvalue weighted by Gasteiger charge is -1.54. The lowest BCUT2D eigenvalue weighted by atomic mass is 11.0. The summed E-state index contributed by atoms with van der Waals surface area (Å²) < 4.78 is 0. The molecule has 26 valence electrons. The largest absolute Gasteiger partial charge is 0.762 e. The maximum Gasteiger partial charge on any atom is 0.0902 e. The van der Waals surface area contributed by atoms with Crippen LogP contribution in [0.25, 0.3) is 5.41 Å². The van der Waals surface area contributed by atoms with E-state index in [0.717, 1.165) is 0 Å². The van der Waals surface area contributed by atoms with Crippen molar-refractivity contribution in [1.82, 2.24) is 0 Å². The van der Waals surface area contributed by atoms with Crippen LogP contribution >= 0.6 is 0 Å². The van der Waals surface area contributed by atoms with Gasteiger partial charge in [0.2, 0.25) is 0 Å². The van der Waals surface area contributed by atoms with Crippen molar-refractivity contribution in [1.29, 1.82) is 0 Å². The Morgan fingerprint density at radius 1 is 2.00 bits per heavy atom. The molecule has 5 heavy (non-hydrogen) atoms. The van der Waals surface area contributed by atoms with Crippen molar-refractivity contribution < 1.29 is 0 Å². The van der Waals surface area contributed by atoms with Gasteiger partial charge in [0.05, 0.1) is 6.20 Å². The summed E-state index contributed by atoms with van der Waals surface area (Å²) in [5, 5.41) is 9.59. The molecule has 0 aromatic rings. The molecule has 0 aliphatic carbocycles. The second kappa shape index (κ2) is 3.05. The van der Waals surface area contributed by atoms with Gasteiger partial charge in [-0.3, -0.25) is 0 Å². The molecule has 0 saturated heterocycles. The third-order valence-corrected chi connectivity index (χ3v) is 0.110. The Balaban J connectivity index is 3.31. The highest BCUT2D eigenvalue weighted by atomic mass is 16.2. The quantitative estimate of drug-likeness (QED) is 0.327. The molecule has 0 aromatic carbocycles. The summed E-state index contributed by atoms with van der Waals surface area (Å²) in [6, 6.07) is 0. The molecule has 0 aromatic heterocycles. The van der Waals surface area contributed by atoms with Gasteiger partial charge in [-0.1, -0.05) is 0 Å². The van der Waals surface area contributed by atoms with E-state index in [-0.39, 0.29) is 0 Å². The summed E-state index contributed by atoms with van der Waals surface area (Å²) in [6.45, 7) is 0. The predicted molar refractivity (Wildman–Crippen MR) is 18.7 cm³/mol. The topological polar surface area (TPSA) is 51.7 Å². The van der Waals surface area contributed by atoms with Crippen LogP contribution in [-0.2, 0) is 0 Å². The van der Waals surface area contributed by atoms with Gasteiger partial charge in [-0.2, -0.15) is 0 Å². The van der Waals surface area contributed by atoms with Gasteiger partial charge in [-0.25, -0.2) is 5.87 Å². The Morgan fingerprint density at radius 3 is 2.60 bits per heavy atom. The van der Waals surface area contributed by atoms with E-state index in [4.69, 9.17) is 10.3 Å². The van der Waals surface area contributed by atoms with Crippen molar-refractivity contribution in [2.24, 2.45) is 5.18 Å². The van der Waals surface area contributed by atoms with Gasteiger partial charge in [0, 0.05) is 0 Å². The molecule has 0 radical (unpaired) electrons.